The third-order valence-corrected chi connectivity index (χ3v) is 3.27. The average molecular weight is 271 g/mol. The molecule has 106 valence electrons. The van der Waals surface area contributed by atoms with Crippen LogP contribution >= 0.6 is 0 Å². The Morgan fingerprint density at radius 1 is 1.25 bits per heavy atom. The number of nitrogens with zero attached hydrogens (tertiary/aromatic N) is 1. The largest absolute Gasteiger partial charge is 0.383 e. The van der Waals surface area contributed by atoms with Crippen LogP contribution in [0.25, 0.3) is 10.8 Å². The number of rotatable bonds is 4. The maximum Gasteiger partial charge on any atom is 0.253 e. The number of hydrogen-bond acceptors (Lipinski definition) is 3. The molecule has 1 aromatic carbocycles. The summed E-state index contributed by atoms with van der Waals surface area (Å²) in [5.74, 6) is 0.904. The normalized spacial score (nSPS) is 12.6. The van der Waals surface area contributed by atoms with Crippen LogP contribution in [0.5, 0.6) is 0 Å². The van der Waals surface area contributed by atoms with E-state index in [0.717, 1.165) is 17.2 Å². The summed E-state index contributed by atoms with van der Waals surface area (Å²) in [6.45, 7) is 6.30. The molecule has 0 aliphatic rings. The minimum atomic E-state index is -0.0955. The molecule has 0 aliphatic heterocycles. The number of amides is 1. The summed E-state index contributed by atoms with van der Waals surface area (Å²) in [5, 5.41) is 4.68. The van der Waals surface area contributed by atoms with E-state index in [0.29, 0.717) is 17.3 Å². The molecular formula is C16H21N3O. The van der Waals surface area contributed by atoms with E-state index < -0.39 is 0 Å². The number of pyridine rings is 1. The molecule has 1 heterocycles. The highest BCUT2D eigenvalue weighted by Gasteiger charge is 2.15. The molecule has 0 fully saturated rings. The fraction of sp³-hybridized carbons (Fsp3) is 0.375. The molecule has 1 amide bonds. The summed E-state index contributed by atoms with van der Waals surface area (Å²) in [6.07, 6.45) is 2.50. The van der Waals surface area contributed by atoms with E-state index in [4.69, 9.17) is 5.73 Å². The van der Waals surface area contributed by atoms with Crippen molar-refractivity contribution in [2.24, 2.45) is 5.92 Å². The molecule has 0 spiro atoms. The van der Waals surface area contributed by atoms with Gasteiger partial charge in [-0.3, -0.25) is 4.79 Å². The molecule has 0 saturated heterocycles. The van der Waals surface area contributed by atoms with Gasteiger partial charge >= 0.3 is 0 Å². The first kappa shape index (κ1) is 14.3. The summed E-state index contributed by atoms with van der Waals surface area (Å²) in [7, 11) is 0. The maximum atomic E-state index is 12.4. The van der Waals surface area contributed by atoms with Crippen molar-refractivity contribution in [1.29, 1.82) is 0 Å². The number of nitrogen functional groups attached to an aromatic ring is 1. The van der Waals surface area contributed by atoms with Crippen LogP contribution in [0.2, 0.25) is 0 Å². The number of aromatic nitrogens is 1. The third kappa shape index (κ3) is 3.07. The fourth-order valence-electron chi connectivity index (χ4n) is 2.46. The first-order chi connectivity index (χ1) is 9.49. The van der Waals surface area contributed by atoms with Crippen molar-refractivity contribution >= 4 is 22.5 Å². The first-order valence-corrected chi connectivity index (χ1v) is 6.93. The van der Waals surface area contributed by atoms with Crippen LogP contribution in [0.1, 0.15) is 37.6 Å². The van der Waals surface area contributed by atoms with Crippen LogP contribution in [0.4, 0.5) is 5.82 Å². The van der Waals surface area contributed by atoms with Gasteiger partial charge in [-0.1, -0.05) is 38.1 Å². The zero-order valence-electron chi connectivity index (χ0n) is 12.2. The number of nitrogens with one attached hydrogen (secondary N) is 1. The van der Waals surface area contributed by atoms with Crippen molar-refractivity contribution in [2.45, 2.75) is 33.2 Å². The summed E-state index contributed by atoms with van der Waals surface area (Å²) in [4.78, 5) is 16.5. The molecule has 2 aromatic rings. The standard InChI is InChI=1S/C16H21N3O/c1-10(2)8-11(3)19-16(20)14-9-18-15(17)13-7-5-4-6-12(13)14/h4-7,9-11H,8H2,1-3H3,(H2,17,18)(H,19,20). The minimum Gasteiger partial charge on any atom is -0.383 e. The molecule has 1 aromatic heterocycles. The van der Waals surface area contributed by atoms with Crippen LogP contribution in [0.15, 0.2) is 30.5 Å². The van der Waals surface area contributed by atoms with Gasteiger partial charge in [0, 0.05) is 17.6 Å². The van der Waals surface area contributed by atoms with E-state index in [1.807, 2.05) is 31.2 Å². The van der Waals surface area contributed by atoms with E-state index in [2.05, 4.69) is 24.1 Å². The zero-order valence-corrected chi connectivity index (χ0v) is 12.2. The Kier molecular flexibility index (Phi) is 4.23. The monoisotopic (exact) mass is 271 g/mol. The van der Waals surface area contributed by atoms with Gasteiger partial charge in [-0.25, -0.2) is 4.98 Å². The molecule has 4 nitrogen and oxygen atoms in total. The Morgan fingerprint density at radius 2 is 1.90 bits per heavy atom. The quantitative estimate of drug-likeness (QED) is 0.898. The van der Waals surface area contributed by atoms with Gasteiger partial charge in [-0.05, 0) is 24.6 Å². The van der Waals surface area contributed by atoms with Crippen LogP contribution in [0.3, 0.4) is 0 Å². The molecule has 0 radical (unpaired) electrons. The van der Waals surface area contributed by atoms with E-state index in [1.165, 1.54) is 0 Å². The number of nitrogens with two attached hydrogens (primary N) is 1. The average Bonchev–Trinajstić information content (AvgIpc) is 2.38. The van der Waals surface area contributed by atoms with Gasteiger partial charge in [0.05, 0.1) is 5.56 Å². The zero-order chi connectivity index (χ0) is 14.7. The van der Waals surface area contributed by atoms with Crippen molar-refractivity contribution in [1.82, 2.24) is 10.3 Å². The van der Waals surface area contributed by atoms with Gasteiger partial charge in [0.2, 0.25) is 0 Å². The molecule has 3 N–H and O–H groups in total. The molecule has 0 aliphatic carbocycles. The van der Waals surface area contributed by atoms with Crippen LogP contribution in [-0.4, -0.2) is 16.9 Å². The van der Waals surface area contributed by atoms with Crippen LogP contribution in [-0.2, 0) is 0 Å². The first-order valence-electron chi connectivity index (χ1n) is 6.93. The van der Waals surface area contributed by atoms with E-state index >= 15 is 0 Å². The SMILES string of the molecule is CC(C)CC(C)NC(=O)c1cnc(N)c2ccccc12. The summed E-state index contributed by atoms with van der Waals surface area (Å²) >= 11 is 0. The Morgan fingerprint density at radius 3 is 2.55 bits per heavy atom. The second kappa shape index (κ2) is 5.90. The predicted octanol–water partition coefficient (Wildman–Crippen LogP) is 2.98. The van der Waals surface area contributed by atoms with Gasteiger partial charge in [0.1, 0.15) is 5.82 Å². The van der Waals surface area contributed by atoms with Crippen molar-refractivity contribution in [2.75, 3.05) is 5.73 Å². The van der Waals surface area contributed by atoms with E-state index in [1.54, 1.807) is 6.20 Å². The lowest BCUT2D eigenvalue weighted by molar-refractivity contribution is 0.0937. The molecule has 20 heavy (non-hydrogen) atoms. The van der Waals surface area contributed by atoms with Gasteiger partial charge in [0.15, 0.2) is 0 Å². The smallest absolute Gasteiger partial charge is 0.253 e. The summed E-state index contributed by atoms with van der Waals surface area (Å²) in [5.41, 5.74) is 6.42. The third-order valence-electron chi connectivity index (χ3n) is 3.27. The second-order valence-electron chi connectivity index (χ2n) is 5.61. The van der Waals surface area contributed by atoms with Gasteiger partial charge in [0.25, 0.3) is 5.91 Å². The summed E-state index contributed by atoms with van der Waals surface area (Å²) in [6, 6.07) is 7.71. The van der Waals surface area contributed by atoms with Crippen LogP contribution in [0, 0.1) is 5.92 Å². The van der Waals surface area contributed by atoms with Crippen molar-refractivity contribution in [3.63, 3.8) is 0 Å². The lowest BCUT2D eigenvalue weighted by Gasteiger charge is -2.16. The lowest BCUT2D eigenvalue weighted by atomic mass is 10.0. The van der Waals surface area contributed by atoms with Gasteiger partial charge < -0.3 is 11.1 Å². The summed E-state index contributed by atoms with van der Waals surface area (Å²) < 4.78 is 0. The van der Waals surface area contributed by atoms with Gasteiger partial charge in [-0.2, -0.15) is 0 Å². The Balaban J connectivity index is 2.29. The fourth-order valence-corrected chi connectivity index (χ4v) is 2.46. The second-order valence-corrected chi connectivity index (χ2v) is 5.61. The van der Waals surface area contributed by atoms with E-state index in [9.17, 15) is 4.79 Å². The molecule has 0 saturated carbocycles. The maximum absolute atomic E-state index is 12.4. The molecule has 1 atom stereocenters. The highest BCUT2D eigenvalue weighted by molar-refractivity contribution is 6.09. The van der Waals surface area contributed by atoms with Crippen LogP contribution < -0.4 is 11.1 Å². The highest BCUT2D eigenvalue weighted by Crippen LogP contribution is 2.22. The van der Waals surface area contributed by atoms with Crippen molar-refractivity contribution in [3.8, 4) is 0 Å². The lowest BCUT2D eigenvalue weighted by Crippen LogP contribution is -2.33. The number of fused-ring (bicyclic) bond motifs is 1. The van der Waals surface area contributed by atoms with Crippen molar-refractivity contribution in [3.05, 3.63) is 36.0 Å². The number of benzene rings is 1. The number of carbonyl (C=O) groups is 1. The molecule has 2 rings (SSSR count). The number of carbonyl (C=O) groups excluding carboxylic acids is 1. The highest BCUT2D eigenvalue weighted by atomic mass is 16.1. The Labute approximate surface area is 119 Å². The number of anilines is 1. The number of hydrogen-bond donors (Lipinski definition) is 2. The molecule has 4 heteroatoms. The predicted molar refractivity (Wildman–Crippen MR) is 82.5 cm³/mol. The molecule has 0 bridgehead atoms. The molecule has 1 unspecified atom stereocenters. The Bertz CT molecular complexity index is 622. The van der Waals surface area contributed by atoms with Crippen molar-refractivity contribution < 1.29 is 4.79 Å². The topological polar surface area (TPSA) is 68.0 Å². The minimum absolute atomic E-state index is 0.0955. The Hall–Kier alpha value is -2.10. The van der Waals surface area contributed by atoms with Gasteiger partial charge in [-0.15, -0.1) is 0 Å². The van der Waals surface area contributed by atoms with E-state index in [-0.39, 0.29) is 11.9 Å². The molecular weight excluding hydrogens is 250 g/mol.